The molecule has 2 aromatic heterocycles. The van der Waals surface area contributed by atoms with Crippen LogP contribution in [0, 0.1) is 0 Å². The molecule has 0 spiro atoms. The van der Waals surface area contributed by atoms with Gasteiger partial charge in [0.25, 0.3) is 5.56 Å². The Hall–Kier alpha value is -2.38. The second-order valence-corrected chi connectivity index (χ2v) is 3.83. The van der Waals surface area contributed by atoms with Gasteiger partial charge in [0, 0.05) is 13.6 Å². The molecule has 2 heterocycles. The molecule has 0 unspecified atom stereocenters. The van der Waals surface area contributed by atoms with E-state index in [1.54, 1.807) is 14.0 Å². The molecular weight excluding hydrogens is 240 g/mol. The van der Waals surface area contributed by atoms with E-state index in [0.717, 1.165) is 0 Å². The molecule has 0 aliphatic heterocycles. The molecule has 8 nitrogen and oxygen atoms in total. The van der Waals surface area contributed by atoms with Crippen molar-refractivity contribution in [2.45, 2.75) is 19.9 Å². The maximum atomic E-state index is 11.7. The van der Waals surface area contributed by atoms with Gasteiger partial charge in [-0.3, -0.25) is 19.1 Å². The average Bonchev–Trinajstić information content (AvgIpc) is 2.56. The summed E-state index contributed by atoms with van der Waals surface area (Å²) < 4.78 is 2.69. The van der Waals surface area contributed by atoms with Gasteiger partial charge in [0.2, 0.25) is 0 Å². The Labute approximate surface area is 101 Å². The fourth-order valence-corrected chi connectivity index (χ4v) is 1.88. The molecular formula is C10H12N4O4. The maximum Gasteiger partial charge on any atom is 0.330 e. The number of carbonyl (C=O) groups is 1. The van der Waals surface area contributed by atoms with Crippen molar-refractivity contribution in [3.63, 3.8) is 0 Å². The van der Waals surface area contributed by atoms with Gasteiger partial charge in [-0.2, -0.15) is 0 Å². The number of H-pyrrole nitrogens is 1. The van der Waals surface area contributed by atoms with Crippen LogP contribution in [0.25, 0.3) is 11.2 Å². The van der Waals surface area contributed by atoms with Crippen LogP contribution in [0.15, 0.2) is 9.59 Å². The van der Waals surface area contributed by atoms with Crippen LogP contribution in [0.3, 0.4) is 0 Å². The van der Waals surface area contributed by atoms with E-state index in [0.29, 0.717) is 6.54 Å². The zero-order valence-electron chi connectivity index (χ0n) is 9.93. The molecule has 0 saturated heterocycles. The van der Waals surface area contributed by atoms with Gasteiger partial charge in [-0.25, -0.2) is 9.78 Å². The highest BCUT2D eigenvalue weighted by Crippen LogP contribution is 2.09. The summed E-state index contributed by atoms with van der Waals surface area (Å²) in [6, 6.07) is 0. The molecule has 0 amide bonds. The van der Waals surface area contributed by atoms with E-state index < -0.39 is 17.2 Å². The summed E-state index contributed by atoms with van der Waals surface area (Å²) in [5, 5.41) is 8.76. The largest absolute Gasteiger partial charge is 0.481 e. The van der Waals surface area contributed by atoms with Crippen LogP contribution in [0.2, 0.25) is 0 Å². The van der Waals surface area contributed by atoms with Gasteiger partial charge in [-0.15, -0.1) is 0 Å². The molecule has 8 heteroatoms. The minimum atomic E-state index is -1.05. The van der Waals surface area contributed by atoms with Crippen molar-refractivity contribution in [2.75, 3.05) is 0 Å². The zero-order valence-corrected chi connectivity index (χ0v) is 9.93. The number of rotatable bonds is 3. The average molecular weight is 252 g/mol. The number of aryl methyl sites for hydroxylation is 2. The Morgan fingerprint density at radius 1 is 1.44 bits per heavy atom. The van der Waals surface area contributed by atoms with E-state index in [1.807, 2.05) is 0 Å². The first-order chi connectivity index (χ1) is 8.45. The smallest absolute Gasteiger partial charge is 0.330 e. The van der Waals surface area contributed by atoms with Crippen molar-refractivity contribution >= 4 is 17.1 Å². The molecule has 2 N–H and O–H groups in total. The Kier molecular flexibility index (Phi) is 2.77. The van der Waals surface area contributed by atoms with Gasteiger partial charge >= 0.3 is 11.7 Å². The van der Waals surface area contributed by atoms with Crippen LogP contribution in [0.5, 0.6) is 0 Å². The zero-order chi connectivity index (χ0) is 13.4. The first-order valence-electron chi connectivity index (χ1n) is 5.36. The van der Waals surface area contributed by atoms with E-state index in [1.165, 1.54) is 9.13 Å². The van der Waals surface area contributed by atoms with Crippen LogP contribution in [-0.2, 0) is 24.8 Å². The van der Waals surface area contributed by atoms with Crippen molar-refractivity contribution in [3.8, 4) is 0 Å². The van der Waals surface area contributed by atoms with E-state index >= 15 is 0 Å². The Morgan fingerprint density at radius 2 is 2.11 bits per heavy atom. The van der Waals surface area contributed by atoms with Crippen LogP contribution in [0.4, 0.5) is 0 Å². The second kappa shape index (κ2) is 4.13. The first-order valence-corrected chi connectivity index (χ1v) is 5.36. The Bertz CT molecular complexity index is 737. The third kappa shape index (κ3) is 1.71. The van der Waals surface area contributed by atoms with E-state index in [9.17, 15) is 14.4 Å². The van der Waals surface area contributed by atoms with Crippen LogP contribution < -0.4 is 11.2 Å². The lowest BCUT2D eigenvalue weighted by Gasteiger charge is -2.01. The number of nitrogens with zero attached hydrogens (tertiary/aromatic N) is 3. The number of aromatic nitrogens is 4. The number of nitrogens with one attached hydrogen (secondary N) is 1. The third-order valence-corrected chi connectivity index (χ3v) is 2.73. The number of fused-ring (bicyclic) bond motifs is 1. The molecule has 2 rings (SSSR count). The summed E-state index contributed by atoms with van der Waals surface area (Å²) in [7, 11) is 1.55. The Morgan fingerprint density at radius 3 is 2.67 bits per heavy atom. The van der Waals surface area contributed by atoms with Crippen molar-refractivity contribution in [1.29, 1.82) is 0 Å². The lowest BCUT2D eigenvalue weighted by molar-refractivity contribution is -0.136. The third-order valence-electron chi connectivity index (χ3n) is 2.73. The van der Waals surface area contributed by atoms with Crippen molar-refractivity contribution in [3.05, 3.63) is 26.7 Å². The summed E-state index contributed by atoms with van der Waals surface area (Å²) in [5.41, 5.74) is -0.695. The minimum absolute atomic E-state index is 0.202. The van der Waals surface area contributed by atoms with Gasteiger partial charge in [0.05, 0.1) is 0 Å². The summed E-state index contributed by atoms with van der Waals surface area (Å²) in [4.78, 5) is 40.2. The van der Waals surface area contributed by atoms with Gasteiger partial charge in [0.1, 0.15) is 12.2 Å². The standard InChI is InChI=1S/C10H12N4O4/c1-3-14-8-7(9(17)12-10(14)18)13(2)5(11-8)4-6(15)16/h3-4H2,1-2H3,(H,15,16)(H,12,17,18). The number of hydrogen-bond donors (Lipinski definition) is 2. The fraction of sp³-hybridized carbons (Fsp3) is 0.400. The molecule has 0 atom stereocenters. The predicted molar refractivity (Wildman–Crippen MR) is 62.6 cm³/mol. The van der Waals surface area contributed by atoms with Gasteiger partial charge in [0.15, 0.2) is 11.2 Å². The summed E-state index contributed by atoms with van der Waals surface area (Å²) >= 11 is 0. The Balaban J connectivity index is 2.86. The van der Waals surface area contributed by atoms with Crippen LogP contribution in [0.1, 0.15) is 12.7 Å². The fourth-order valence-electron chi connectivity index (χ4n) is 1.88. The SMILES string of the molecule is CCn1c(=O)[nH]c(=O)c2c1nc(CC(=O)O)n2C. The predicted octanol–water partition coefficient (Wildman–Crippen LogP) is -0.930. The lowest BCUT2D eigenvalue weighted by atomic mass is 10.4. The van der Waals surface area contributed by atoms with Gasteiger partial charge < -0.3 is 9.67 Å². The number of carboxylic acids is 1. The number of aromatic amines is 1. The highest BCUT2D eigenvalue weighted by atomic mass is 16.4. The highest BCUT2D eigenvalue weighted by Gasteiger charge is 2.17. The molecule has 18 heavy (non-hydrogen) atoms. The van der Waals surface area contributed by atoms with Crippen LogP contribution in [-0.4, -0.2) is 30.2 Å². The van der Waals surface area contributed by atoms with Gasteiger partial charge in [-0.1, -0.05) is 0 Å². The minimum Gasteiger partial charge on any atom is -0.481 e. The van der Waals surface area contributed by atoms with Crippen molar-refractivity contribution in [2.24, 2.45) is 7.05 Å². The topological polar surface area (TPSA) is 110 Å². The highest BCUT2D eigenvalue weighted by molar-refractivity contribution is 5.74. The summed E-state index contributed by atoms with van der Waals surface area (Å²) in [5.74, 6) is -0.814. The van der Waals surface area contributed by atoms with E-state index in [2.05, 4.69) is 9.97 Å². The molecule has 0 aromatic carbocycles. The van der Waals surface area contributed by atoms with Crippen molar-refractivity contribution < 1.29 is 9.90 Å². The first kappa shape index (κ1) is 12.1. The molecule has 96 valence electrons. The normalized spacial score (nSPS) is 11.0. The molecule has 0 bridgehead atoms. The quantitative estimate of drug-likeness (QED) is 0.733. The van der Waals surface area contributed by atoms with E-state index in [4.69, 9.17) is 5.11 Å². The molecule has 2 aromatic rings. The number of aliphatic carboxylic acids is 1. The van der Waals surface area contributed by atoms with Gasteiger partial charge in [-0.05, 0) is 6.92 Å². The van der Waals surface area contributed by atoms with Crippen molar-refractivity contribution in [1.82, 2.24) is 19.1 Å². The van der Waals surface area contributed by atoms with Crippen LogP contribution >= 0.6 is 0 Å². The molecule has 0 aliphatic carbocycles. The molecule has 0 aliphatic rings. The number of imidazole rings is 1. The summed E-state index contributed by atoms with van der Waals surface area (Å²) in [6.07, 6.45) is -0.303. The van der Waals surface area contributed by atoms with E-state index in [-0.39, 0.29) is 23.4 Å². The number of carboxylic acid groups (broad SMARTS) is 1. The lowest BCUT2D eigenvalue weighted by Crippen LogP contribution is -2.30. The second-order valence-electron chi connectivity index (χ2n) is 3.83. The molecule has 0 radical (unpaired) electrons. The monoisotopic (exact) mass is 252 g/mol. The summed E-state index contributed by atoms with van der Waals surface area (Å²) in [6.45, 7) is 2.08. The number of hydrogen-bond acceptors (Lipinski definition) is 4. The molecule has 0 saturated carbocycles. The maximum absolute atomic E-state index is 11.7. The molecule has 0 fully saturated rings.